The third kappa shape index (κ3) is 6.06. The first-order chi connectivity index (χ1) is 8.61. The Morgan fingerprint density at radius 3 is 2.33 bits per heavy atom. The Bertz CT molecular complexity index is 318. The minimum Gasteiger partial charge on any atom is -0.493 e. The molecule has 0 aliphatic carbocycles. The molecule has 2 heteroatoms. The fraction of sp³-hybridized carbons (Fsp3) is 0.625. The Kier molecular flexibility index (Phi) is 6.81. The summed E-state index contributed by atoms with van der Waals surface area (Å²) in [5.41, 5.74) is 1.36. The quantitative estimate of drug-likeness (QED) is 0.759. The van der Waals surface area contributed by atoms with Crippen LogP contribution in [-0.4, -0.2) is 19.2 Å². The van der Waals surface area contributed by atoms with Gasteiger partial charge in [0.15, 0.2) is 0 Å². The van der Waals surface area contributed by atoms with Gasteiger partial charge in [0.2, 0.25) is 0 Å². The number of hydrogen-bond acceptors (Lipinski definition) is 2. The van der Waals surface area contributed by atoms with Crippen molar-refractivity contribution in [1.29, 1.82) is 0 Å². The second-order valence-corrected chi connectivity index (χ2v) is 5.41. The number of benzene rings is 1. The van der Waals surface area contributed by atoms with Crippen molar-refractivity contribution >= 4 is 0 Å². The Morgan fingerprint density at radius 1 is 1.11 bits per heavy atom. The maximum absolute atomic E-state index is 5.68. The fourth-order valence-electron chi connectivity index (χ4n) is 1.80. The number of nitrogens with one attached hydrogen (secondary N) is 1. The molecule has 2 nitrogen and oxygen atoms in total. The van der Waals surface area contributed by atoms with E-state index in [1.54, 1.807) is 0 Å². The molecule has 1 atom stereocenters. The minimum atomic E-state index is 0.535. The summed E-state index contributed by atoms with van der Waals surface area (Å²) in [7, 11) is 0. The number of rotatable bonds is 8. The maximum Gasteiger partial charge on any atom is 0.119 e. The summed E-state index contributed by atoms with van der Waals surface area (Å²) >= 11 is 0. The van der Waals surface area contributed by atoms with Gasteiger partial charge in [-0.2, -0.15) is 0 Å². The van der Waals surface area contributed by atoms with Gasteiger partial charge < -0.3 is 10.1 Å². The third-order valence-electron chi connectivity index (χ3n) is 2.79. The molecule has 0 bridgehead atoms. The SMILES string of the molecule is CCCNC(C)Cc1ccc(OCC(C)C)cc1. The normalized spacial score (nSPS) is 12.7. The van der Waals surface area contributed by atoms with Gasteiger partial charge >= 0.3 is 0 Å². The molecule has 0 aromatic heterocycles. The maximum atomic E-state index is 5.68. The molecular weight excluding hydrogens is 222 g/mol. The molecule has 0 aliphatic heterocycles. The van der Waals surface area contributed by atoms with Crippen LogP contribution >= 0.6 is 0 Å². The Labute approximate surface area is 112 Å². The van der Waals surface area contributed by atoms with E-state index in [2.05, 4.69) is 57.3 Å². The van der Waals surface area contributed by atoms with Crippen LogP contribution in [0.25, 0.3) is 0 Å². The summed E-state index contributed by atoms with van der Waals surface area (Å²) in [6, 6.07) is 9.01. The highest BCUT2D eigenvalue weighted by atomic mass is 16.5. The van der Waals surface area contributed by atoms with E-state index in [1.165, 1.54) is 12.0 Å². The average Bonchev–Trinajstić information content (AvgIpc) is 2.35. The molecule has 0 spiro atoms. The molecule has 0 heterocycles. The Hall–Kier alpha value is -1.02. The molecular formula is C16H27NO. The molecule has 1 aromatic carbocycles. The van der Waals surface area contributed by atoms with Gasteiger partial charge in [0.25, 0.3) is 0 Å². The molecule has 0 fully saturated rings. The summed E-state index contributed by atoms with van der Waals surface area (Å²) in [5.74, 6) is 1.55. The van der Waals surface area contributed by atoms with Crippen molar-refractivity contribution in [1.82, 2.24) is 5.32 Å². The summed E-state index contributed by atoms with van der Waals surface area (Å²) < 4.78 is 5.68. The van der Waals surface area contributed by atoms with Crippen LogP contribution < -0.4 is 10.1 Å². The van der Waals surface area contributed by atoms with E-state index in [4.69, 9.17) is 4.74 Å². The van der Waals surface area contributed by atoms with Gasteiger partial charge in [0.05, 0.1) is 6.61 Å². The van der Waals surface area contributed by atoms with E-state index >= 15 is 0 Å². The summed E-state index contributed by atoms with van der Waals surface area (Å²) in [5, 5.41) is 3.50. The number of hydrogen-bond donors (Lipinski definition) is 1. The zero-order valence-corrected chi connectivity index (χ0v) is 12.2. The third-order valence-corrected chi connectivity index (χ3v) is 2.79. The highest BCUT2D eigenvalue weighted by Crippen LogP contribution is 2.14. The van der Waals surface area contributed by atoms with Gasteiger partial charge in [-0.15, -0.1) is 0 Å². The summed E-state index contributed by atoms with van der Waals surface area (Å²) in [6.45, 7) is 10.6. The monoisotopic (exact) mass is 249 g/mol. The van der Waals surface area contributed by atoms with Crippen molar-refractivity contribution in [2.24, 2.45) is 5.92 Å². The predicted octanol–water partition coefficient (Wildman–Crippen LogP) is 3.65. The molecule has 0 saturated carbocycles. The smallest absolute Gasteiger partial charge is 0.119 e. The van der Waals surface area contributed by atoms with Crippen LogP contribution in [0.15, 0.2) is 24.3 Å². The second-order valence-electron chi connectivity index (χ2n) is 5.41. The van der Waals surface area contributed by atoms with Gasteiger partial charge in [-0.3, -0.25) is 0 Å². The van der Waals surface area contributed by atoms with Gasteiger partial charge in [0.1, 0.15) is 5.75 Å². The van der Waals surface area contributed by atoms with E-state index < -0.39 is 0 Å². The van der Waals surface area contributed by atoms with Crippen LogP contribution in [0, 0.1) is 5.92 Å². The molecule has 1 N–H and O–H groups in total. The minimum absolute atomic E-state index is 0.535. The van der Waals surface area contributed by atoms with E-state index in [-0.39, 0.29) is 0 Å². The predicted molar refractivity (Wildman–Crippen MR) is 78.2 cm³/mol. The van der Waals surface area contributed by atoms with Crippen molar-refractivity contribution in [3.63, 3.8) is 0 Å². The summed E-state index contributed by atoms with van der Waals surface area (Å²) in [4.78, 5) is 0. The molecule has 1 aromatic rings. The zero-order valence-electron chi connectivity index (χ0n) is 12.2. The second kappa shape index (κ2) is 8.15. The van der Waals surface area contributed by atoms with Crippen molar-refractivity contribution < 1.29 is 4.74 Å². The largest absolute Gasteiger partial charge is 0.493 e. The lowest BCUT2D eigenvalue weighted by atomic mass is 10.1. The highest BCUT2D eigenvalue weighted by molar-refractivity contribution is 5.27. The molecule has 1 unspecified atom stereocenters. The van der Waals surface area contributed by atoms with Crippen LogP contribution in [0.3, 0.4) is 0 Å². The van der Waals surface area contributed by atoms with Gasteiger partial charge in [0, 0.05) is 6.04 Å². The first-order valence-corrected chi connectivity index (χ1v) is 7.07. The van der Waals surface area contributed by atoms with Gasteiger partial charge in [-0.25, -0.2) is 0 Å². The van der Waals surface area contributed by atoms with E-state index in [0.717, 1.165) is 25.3 Å². The Morgan fingerprint density at radius 2 is 1.78 bits per heavy atom. The molecule has 18 heavy (non-hydrogen) atoms. The topological polar surface area (TPSA) is 21.3 Å². The van der Waals surface area contributed by atoms with Crippen molar-refractivity contribution in [2.45, 2.75) is 46.6 Å². The Balaban J connectivity index is 2.39. The molecule has 0 aliphatic rings. The first kappa shape index (κ1) is 15.0. The van der Waals surface area contributed by atoms with Crippen LogP contribution in [0.1, 0.15) is 39.7 Å². The van der Waals surface area contributed by atoms with Crippen LogP contribution in [0.2, 0.25) is 0 Å². The van der Waals surface area contributed by atoms with E-state index in [0.29, 0.717) is 12.0 Å². The molecule has 0 amide bonds. The first-order valence-electron chi connectivity index (χ1n) is 7.07. The summed E-state index contributed by atoms with van der Waals surface area (Å²) in [6.07, 6.45) is 2.26. The van der Waals surface area contributed by atoms with Crippen molar-refractivity contribution in [3.05, 3.63) is 29.8 Å². The lowest BCUT2D eigenvalue weighted by Crippen LogP contribution is -2.28. The van der Waals surface area contributed by atoms with Crippen LogP contribution in [0.5, 0.6) is 5.75 Å². The molecule has 0 saturated heterocycles. The van der Waals surface area contributed by atoms with Crippen molar-refractivity contribution in [3.8, 4) is 5.75 Å². The van der Waals surface area contributed by atoms with Gasteiger partial charge in [-0.1, -0.05) is 32.9 Å². The molecule has 102 valence electrons. The standard InChI is InChI=1S/C16H27NO/c1-5-10-17-14(4)11-15-6-8-16(9-7-15)18-12-13(2)3/h6-9,13-14,17H,5,10-12H2,1-4H3. The molecule has 1 rings (SSSR count). The lowest BCUT2D eigenvalue weighted by Gasteiger charge is -2.14. The lowest BCUT2D eigenvalue weighted by molar-refractivity contribution is 0.271. The van der Waals surface area contributed by atoms with Crippen LogP contribution in [-0.2, 0) is 6.42 Å². The molecule has 0 radical (unpaired) electrons. The van der Waals surface area contributed by atoms with Gasteiger partial charge in [-0.05, 0) is 49.9 Å². The van der Waals surface area contributed by atoms with E-state index in [1.807, 2.05) is 0 Å². The average molecular weight is 249 g/mol. The van der Waals surface area contributed by atoms with E-state index in [9.17, 15) is 0 Å². The zero-order chi connectivity index (χ0) is 13.4. The highest BCUT2D eigenvalue weighted by Gasteiger charge is 2.03. The van der Waals surface area contributed by atoms with Crippen molar-refractivity contribution in [2.75, 3.05) is 13.2 Å². The van der Waals surface area contributed by atoms with Crippen LogP contribution in [0.4, 0.5) is 0 Å². The number of ether oxygens (including phenoxy) is 1. The fourth-order valence-corrected chi connectivity index (χ4v) is 1.80.